The van der Waals surface area contributed by atoms with Gasteiger partial charge in [-0.25, -0.2) is 5.01 Å². The highest BCUT2D eigenvalue weighted by Gasteiger charge is 2.38. The summed E-state index contributed by atoms with van der Waals surface area (Å²) in [6, 6.07) is -0.409. The number of aliphatic hydroxyl groups is 1. The fourth-order valence-electron chi connectivity index (χ4n) is 8.06. The number of likely N-dealkylation sites (N-methyl/N-ethyl adjacent to an activating group) is 1. The van der Waals surface area contributed by atoms with Crippen molar-refractivity contribution in [2.45, 2.75) is 149 Å². The molecule has 3 amide bonds. The fourth-order valence-corrected chi connectivity index (χ4v) is 8.06. The van der Waals surface area contributed by atoms with Gasteiger partial charge in [-0.2, -0.15) is 0 Å². The van der Waals surface area contributed by atoms with E-state index < -0.39 is 12.1 Å². The van der Waals surface area contributed by atoms with E-state index in [0.29, 0.717) is 44.1 Å². The molecular formula is C37H64N4O4. The van der Waals surface area contributed by atoms with E-state index in [9.17, 15) is 19.5 Å². The van der Waals surface area contributed by atoms with E-state index in [1.807, 2.05) is 23.8 Å². The number of hydrazine groups is 1. The smallest absolute Gasteiger partial charge is 0.234 e. The minimum Gasteiger partial charge on any atom is -0.390 e. The Bertz CT molecular complexity index is 959. The van der Waals surface area contributed by atoms with Crippen LogP contribution in [-0.2, 0) is 14.4 Å². The highest BCUT2D eigenvalue weighted by molar-refractivity contribution is 5.83. The number of hydrogen-bond donors (Lipinski definition) is 3. The molecule has 8 heteroatoms. The first-order valence-electron chi connectivity index (χ1n) is 18.5. The molecule has 5 atom stereocenters. The summed E-state index contributed by atoms with van der Waals surface area (Å²) in [5.41, 5.74) is 3.05. The van der Waals surface area contributed by atoms with Crippen LogP contribution in [0.25, 0.3) is 0 Å². The maximum absolute atomic E-state index is 14.0. The number of amides is 3. The standard InChI is InChI=1S/C37H64N4O4/c1-5-15-30-22-31(26-32(23-30)37(45)40(20-6-2)21-7-3)36(44)38-33(24-28-16-11-9-12-17-28)34(42)27-41(8-4)39-35(43)25-29-18-13-10-14-19-29/h28-34,42H,6-14,16-27H2,1-4H3,(H,38,44)(H,39,43). The Hall–Kier alpha value is -2.11. The molecular weight excluding hydrogens is 564 g/mol. The molecule has 3 fully saturated rings. The lowest BCUT2D eigenvalue weighted by Gasteiger charge is -2.37. The molecule has 8 nitrogen and oxygen atoms in total. The molecule has 0 aromatic heterocycles. The van der Waals surface area contributed by atoms with Gasteiger partial charge >= 0.3 is 0 Å². The summed E-state index contributed by atoms with van der Waals surface area (Å²) in [6.07, 6.45) is 15.9. The molecule has 256 valence electrons. The van der Waals surface area contributed by atoms with Gasteiger partial charge in [0.25, 0.3) is 0 Å². The molecule has 3 rings (SSSR count). The monoisotopic (exact) mass is 628 g/mol. The van der Waals surface area contributed by atoms with Crippen molar-refractivity contribution >= 4 is 17.7 Å². The normalized spacial score (nSPS) is 24.3. The molecule has 0 radical (unpaired) electrons. The van der Waals surface area contributed by atoms with Crippen LogP contribution < -0.4 is 10.7 Å². The Kier molecular flexibility index (Phi) is 16.8. The second-order valence-corrected chi connectivity index (χ2v) is 14.2. The molecule has 0 aromatic carbocycles. The average molecular weight is 629 g/mol. The van der Waals surface area contributed by atoms with E-state index in [1.165, 1.54) is 38.5 Å². The zero-order valence-electron chi connectivity index (χ0n) is 29.0. The van der Waals surface area contributed by atoms with E-state index in [2.05, 4.69) is 36.4 Å². The topological polar surface area (TPSA) is 102 Å². The molecule has 3 aliphatic carbocycles. The molecule has 0 aliphatic heterocycles. The van der Waals surface area contributed by atoms with Crippen LogP contribution in [0.3, 0.4) is 0 Å². The third-order valence-electron chi connectivity index (χ3n) is 10.4. The van der Waals surface area contributed by atoms with Crippen molar-refractivity contribution in [3.8, 4) is 11.8 Å². The molecule has 0 heterocycles. The first-order chi connectivity index (χ1) is 21.8. The molecule has 45 heavy (non-hydrogen) atoms. The van der Waals surface area contributed by atoms with Crippen LogP contribution in [0.1, 0.15) is 137 Å². The van der Waals surface area contributed by atoms with Gasteiger partial charge in [-0.1, -0.05) is 72.1 Å². The largest absolute Gasteiger partial charge is 0.390 e. The molecule has 0 spiro atoms. The van der Waals surface area contributed by atoms with Crippen LogP contribution >= 0.6 is 0 Å². The van der Waals surface area contributed by atoms with Crippen molar-refractivity contribution in [3.05, 3.63) is 0 Å². The second kappa shape index (κ2) is 20.2. The first kappa shape index (κ1) is 37.3. The zero-order chi connectivity index (χ0) is 32.6. The number of rotatable bonds is 16. The Morgan fingerprint density at radius 2 is 1.44 bits per heavy atom. The van der Waals surface area contributed by atoms with Gasteiger partial charge in [-0.05, 0) is 70.1 Å². The molecule has 3 aliphatic rings. The van der Waals surface area contributed by atoms with Crippen molar-refractivity contribution in [2.24, 2.45) is 29.6 Å². The maximum atomic E-state index is 14.0. The number of carbonyl (C=O) groups is 3. The van der Waals surface area contributed by atoms with Crippen molar-refractivity contribution in [2.75, 3.05) is 26.2 Å². The van der Waals surface area contributed by atoms with Crippen LogP contribution in [0.5, 0.6) is 0 Å². The number of carbonyl (C=O) groups excluding carboxylic acids is 3. The van der Waals surface area contributed by atoms with E-state index >= 15 is 0 Å². The molecule has 3 N–H and O–H groups in total. The Morgan fingerprint density at radius 3 is 2.02 bits per heavy atom. The lowest BCUT2D eigenvalue weighted by Crippen LogP contribution is -2.54. The highest BCUT2D eigenvalue weighted by atomic mass is 16.3. The Balaban J connectivity index is 1.69. The summed E-state index contributed by atoms with van der Waals surface area (Å²) in [4.78, 5) is 42.5. The molecule has 0 saturated heterocycles. The SMILES string of the molecule is CC#CC1CC(C(=O)NC(CC2CCCCC2)C(O)CN(CC)NC(=O)CC2CCCCC2)CC(C(=O)N(CCC)CCC)C1. The zero-order valence-corrected chi connectivity index (χ0v) is 29.0. The summed E-state index contributed by atoms with van der Waals surface area (Å²) in [6.45, 7) is 10.3. The van der Waals surface area contributed by atoms with Gasteiger partial charge in [-0.15, -0.1) is 11.8 Å². The predicted molar refractivity (Wildman–Crippen MR) is 181 cm³/mol. The summed E-state index contributed by atoms with van der Waals surface area (Å²) < 4.78 is 0. The van der Waals surface area contributed by atoms with E-state index in [4.69, 9.17) is 0 Å². The quantitative estimate of drug-likeness (QED) is 0.148. The van der Waals surface area contributed by atoms with Crippen LogP contribution in [0.2, 0.25) is 0 Å². The molecule has 3 saturated carbocycles. The van der Waals surface area contributed by atoms with E-state index in [-0.39, 0.29) is 42.0 Å². The molecule has 0 aromatic rings. The van der Waals surface area contributed by atoms with E-state index in [1.54, 1.807) is 0 Å². The third-order valence-corrected chi connectivity index (χ3v) is 10.4. The van der Waals surface area contributed by atoms with Gasteiger partial charge in [0.15, 0.2) is 0 Å². The maximum Gasteiger partial charge on any atom is 0.234 e. The van der Waals surface area contributed by atoms with Gasteiger partial charge in [0.05, 0.1) is 12.1 Å². The summed E-state index contributed by atoms with van der Waals surface area (Å²) in [5.74, 6) is 6.81. The first-order valence-corrected chi connectivity index (χ1v) is 18.5. The Morgan fingerprint density at radius 1 is 0.844 bits per heavy atom. The van der Waals surface area contributed by atoms with Gasteiger partial charge < -0.3 is 15.3 Å². The summed E-state index contributed by atoms with van der Waals surface area (Å²) in [5, 5.41) is 16.7. The van der Waals surface area contributed by atoms with Crippen LogP contribution in [0.15, 0.2) is 0 Å². The van der Waals surface area contributed by atoms with Crippen LogP contribution in [0, 0.1) is 41.4 Å². The third kappa shape index (κ3) is 12.5. The number of nitrogens with zero attached hydrogens (tertiary/aromatic N) is 2. The minimum atomic E-state index is -0.817. The number of hydrogen-bond acceptors (Lipinski definition) is 5. The van der Waals surface area contributed by atoms with Crippen molar-refractivity contribution < 1.29 is 19.5 Å². The molecule has 5 unspecified atom stereocenters. The number of aliphatic hydroxyl groups excluding tert-OH is 1. The lowest BCUT2D eigenvalue weighted by atomic mass is 9.74. The summed E-state index contributed by atoms with van der Waals surface area (Å²) >= 11 is 0. The summed E-state index contributed by atoms with van der Waals surface area (Å²) in [7, 11) is 0. The van der Waals surface area contributed by atoms with Gasteiger partial charge in [0, 0.05) is 50.4 Å². The lowest BCUT2D eigenvalue weighted by molar-refractivity contribution is -0.139. The van der Waals surface area contributed by atoms with Crippen LogP contribution in [0.4, 0.5) is 0 Å². The number of nitrogens with one attached hydrogen (secondary N) is 2. The molecule has 0 bridgehead atoms. The van der Waals surface area contributed by atoms with Crippen molar-refractivity contribution in [3.63, 3.8) is 0 Å². The minimum absolute atomic E-state index is 0.00947. The average Bonchev–Trinajstić information content (AvgIpc) is 3.04. The highest BCUT2D eigenvalue weighted by Crippen LogP contribution is 2.35. The van der Waals surface area contributed by atoms with Crippen molar-refractivity contribution in [1.82, 2.24) is 20.7 Å². The van der Waals surface area contributed by atoms with Crippen LogP contribution in [-0.4, -0.2) is 71.1 Å². The van der Waals surface area contributed by atoms with Gasteiger partial charge in [-0.3, -0.25) is 19.8 Å². The fraction of sp³-hybridized carbons (Fsp3) is 0.865. The second-order valence-electron chi connectivity index (χ2n) is 14.2. The van der Waals surface area contributed by atoms with Gasteiger partial charge in [0.2, 0.25) is 17.7 Å². The Labute approximate surface area is 274 Å². The van der Waals surface area contributed by atoms with Gasteiger partial charge in [0.1, 0.15) is 0 Å². The predicted octanol–water partition coefficient (Wildman–Crippen LogP) is 5.83. The van der Waals surface area contributed by atoms with E-state index in [0.717, 1.165) is 58.0 Å². The van der Waals surface area contributed by atoms with Crippen molar-refractivity contribution in [1.29, 1.82) is 0 Å².